The topological polar surface area (TPSA) is 149 Å². The third kappa shape index (κ3) is 4.42. The normalized spacial score (nSPS) is 16.1. The van der Waals surface area contributed by atoms with Crippen molar-refractivity contribution >= 4 is 34.5 Å². The van der Waals surface area contributed by atoms with E-state index in [0.717, 1.165) is 11.8 Å². The van der Waals surface area contributed by atoms with E-state index in [9.17, 15) is 18.4 Å². The number of aliphatic carboxylic acids is 1. The molecule has 4 heterocycles. The highest BCUT2D eigenvalue weighted by Crippen LogP contribution is 2.45. The number of carboxylic acid groups (broad SMARTS) is 1. The van der Waals surface area contributed by atoms with Gasteiger partial charge < -0.3 is 16.2 Å². The number of hydrogen-bond acceptors (Lipinski definition) is 7. The molecule has 1 unspecified atom stereocenters. The molecule has 1 amide bonds. The zero-order valence-corrected chi connectivity index (χ0v) is 21.7. The maximum atomic E-state index is 14.4. The summed E-state index contributed by atoms with van der Waals surface area (Å²) in [6.45, 7) is 1.73. The maximum Gasteiger partial charge on any atom is 0.303 e. The van der Waals surface area contributed by atoms with Gasteiger partial charge in [0.1, 0.15) is 34.4 Å². The van der Waals surface area contributed by atoms with Gasteiger partial charge in [-0.2, -0.15) is 5.10 Å². The van der Waals surface area contributed by atoms with Gasteiger partial charge in [-0.1, -0.05) is 42.5 Å². The number of benzene rings is 2. The SMILES string of the molecule is CC1(c2ccc(CCC(=O)O)cc2)C(=O)Nc2nc(-c3nn(Cc4ccccc4F)c4ncc(F)cc34)nc(N)c21. The molecule has 1 aliphatic rings. The van der Waals surface area contributed by atoms with E-state index in [1.54, 1.807) is 49.4 Å². The van der Waals surface area contributed by atoms with Gasteiger partial charge in [0.05, 0.1) is 23.7 Å². The zero-order valence-electron chi connectivity index (χ0n) is 21.7. The third-order valence-corrected chi connectivity index (χ3v) is 7.33. The van der Waals surface area contributed by atoms with Gasteiger partial charge in [0, 0.05) is 12.0 Å². The fourth-order valence-electron chi connectivity index (χ4n) is 5.14. The molecule has 5 aromatic rings. The van der Waals surface area contributed by atoms with Crippen molar-refractivity contribution in [1.29, 1.82) is 0 Å². The van der Waals surface area contributed by atoms with Gasteiger partial charge in [0.25, 0.3) is 0 Å². The molecule has 3 aromatic heterocycles. The zero-order chi connectivity index (χ0) is 28.9. The number of nitrogens with zero attached hydrogens (tertiary/aromatic N) is 5. The molecule has 2 aromatic carbocycles. The Bertz CT molecular complexity index is 1860. The van der Waals surface area contributed by atoms with E-state index < -0.39 is 23.0 Å². The Morgan fingerprint density at radius 2 is 1.88 bits per heavy atom. The van der Waals surface area contributed by atoms with Crippen LogP contribution in [0.5, 0.6) is 0 Å². The number of hydrogen-bond donors (Lipinski definition) is 3. The molecule has 206 valence electrons. The van der Waals surface area contributed by atoms with Crippen LogP contribution >= 0.6 is 0 Å². The number of pyridine rings is 1. The molecule has 6 rings (SSSR count). The molecule has 1 atom stereocenters. The fourth-order valence-corrected chi connectivity index (χ4v) is 5.14. The number of halogens is 2. The van der Waals surface area contributed by atoms with Crippen molar-refractivity contribution in [3.63, 3.8) is 0 Å². The summed E-state index contributed by atoms with van der Waals surface area (Å²) in [6.07, 6.45) is 1.40. The summed E-state index contributed by atoms with van der Waals surface area (Å²) < 4.78 is 30.1. The Balaban J connectivity index is 1.42. The van der Waals surface area contributed by atoms with Crippen LogP contribution in [0.1, 0.15) is 35.6 Å². The van der Waals surface area contributed by atoms with Gasteiger partial charge in [-0.3, -0.25) is 9.59 Å². The van der Waals surface area contributed by atoms with E-state index in [0.29, 0.717) is 34.1 Å². The van der Waals surface area contributed by atoms with Gasteiger partial charge in [-0.05, 0) is 36.6 Å². The quantitative estimate of drug-likeness (QED) is 0.272. The van der Waals surface area contributed by atoms with Gasteiger partial charge in [-0.15, -0.1) is 0 Å². The van der Waals surface area contributed by atoms with Crippen molar-refractivity contribution in [2.75, 3.05) is 11.1 Å². The molecule has 1 aliphatic heterocycles. The summed E-state index contributed by atoms with van der Waals surface area (Å²) in [5.74, 6) is -2.03. The minimum Gasteiger partial charge on any atom is -0.481 e. The van der Waals surface area contributed by atoms with Crippen molar-refractivity contribution in [2.24, 2.45) is 0 Å². The molecule has 0 fully saturated rings. The monoisotopic (exact) mass is 555 g/mol. The van der Waals surface area contributed by atoms with Crippen LogP contribution in [0.25, 0.3) is 22.6 Å². The van der Waals surface area contributed by atoms with E-state index >= 15 is 0 Å². The van der Waals surface area contributed by atoms with Crippen LogP contribution < -0.4 is 11.1 Å². The van der Waals surface area contributed by atoms with Crippen LogP contribution in [0.2, 0.25) is 0 Å². The number of nitrogens with two attached hydrogens (primary N) is 1. The first kappa shape index (κ1) is 26.0. The second-order valence-electron chi connectivity index (χ2n) is 9.95. The van der Waals surface area contributed by atoms with E-state index in [2.05, 4.69) is 25.4 Å². The number of aryl methyl sites for hydroxylation is 1. The second-order valence-corrected chi connectivity index (χ2v) is 9.95. The Hall–Kier alpha value is -5.26. The molecule has 4 N–H and O–H groups in total. The number of nitrogens with one attached hydrogen (secondary N) is 1. The summed E-state index contributed by atoms with van der Waals surface area (Å²) in [5, 5.41) is 16.6. The van der Waals surface area contributed by atoms with E-state index in [1.807, 2.05) is 0 Å². The summed E-state index contributed by atoms with van der Waals surface area (Å²) in [4.78, 5) is 37.4. The molecule has 41 heavy (non-hydrogen) atoms. The maximum absolute atomic E-state index is 14.4. The highest BCUT2D eigenvalue weighted by atomic mass is 19.1. The molecule has 0 aliphatic carbocycles. The van der Waals surface area contributed by atoms with Crippen molar-refractivity contribution in [2.45, 2.75) is 31.7 Å². The molecule has 10 nitrogen and oxygen atoms in total. The van der Waals surface area contributed by atoms with E-state index in [-0.39, 0.29) is 42.0 Å². The van der Waals surface area contributed by atoms with E-state index in [4.69, 9.17) is 10.8 Å². The van der Waals surface area contributed by atoms with Crippen molar-refractivity contribution < 1.29 is 23.5 Å². The summed E-state index contributed by atoms with van der Waals surface area (Å²) in [5.41, 5.74) is 7.87. The van der Waals surface area contributed by atoms with Crippen LogP contribution in [0.3, 0.4) is 0 Å². The lowest BCUT2D eigenvalue weighted by Crippen LogP contribution is -2.33. The Labute approximate surface area is 231 Å². The minimum absolute atomic E-state index is 0.00630. The Kier molecular flexibility index (Phi) is 6.17. The van der Waals surface area contributed by atoms with Crippen LogP contribution in [0.4, 0.5) is 20.4 Å². The number of carbonyl (C=O) groups excluding carboxylic acids is 1. The molecular formula is C29H23F2N7O3. The second kappa shape index (κ2) is 9.73. The molecule has 0 radical (unpaired) electrons. The fraction of sp³-hybridized carbons (Fsp3) is 0.172. The number of aromatic nitrogens is 5. The average molecular weight is 556 g/mol. The predicted octanol–water partition coefficient (Wildman–Crippen LogP) is 4.07. The average Bonchev–Trinajstić information content (AvgIpc) is 3.43. The number of carboxylic acids is 1. The number of amides is 1. The molecule has 0 saturated carbocycles. The summed E-state index contributed by atoms with van der Waals surface area (Å²) in [7, 11) is 0. The lowest BCUT2D eigenvalue weighted by molar-refractivity contribution is -0.137. The van der Waals surface area contributed by atoms with E-state index in [1.165, 1.54) is 16.8 Å². The highest BCUT2D eigenvalue weighted by molar-refractivity contribution is 6.09. The lowest BCUT2D eigenvalue weighted by Gasteiger charge is -2.23. The lowest BCUT2D eigenvalue weighted by atomic mass is 9.77. The first-order valence-corrected chi connectivity index (χ1v) is 12.7. The van der Waals surface area contributed by atoms with Crippen LogP contribution in [0, 0.1) is 11.6 Å². The van der Waals surface area contributed by atoms with Crippen molar-refractivity contribution in [3.8, 4) is 11.5 Å². The summed E-state index contributed by atoms with van der Waals surface area (Å²) >= 11 is 0. The van der Waals surface area contributed by atoms with Crippen molar-refractivity contribution in [3.05, 3.63) is 94.7 Å². The Morgan fingerprint density at radius 1 is 1.12 bits per heavy atom. The standard InChI is InChI=1S/C29H23F2N7O3/c1-29(17-9-6-15(7-10-17)8-11-21(39)40)22-24(32)34-26(35-25(22)36-28(29)41)23-19-12-18(30)13-33-27(19)38(37-23)14-16-4-2-3-5-20(16)31/h2-7,9-10,12-13H,8,11,14H2,1H3,(H,39,40)(H3,32,34,35,36,41). The molecule has 0 saturated heterocycles. The predicted molar refractivity (Wildman–Crippen MR) is 146 cm³/mol. The van der Waals surface area contributed by atoms with Crippen LogP contribution in [-0.4, -0.2) is 41.7 Å². The largest absolute Gasteiger partial charge is 0.481 e. The number of rotatable bonds is 7. The molecule has 0 spiro atoms. The Morgan fingerprint density at radius 3 is 2.61 bits per heavy atom. The van der Waals surface area contributed by atoms with Crippen LogP contribution in [-0.2, 0) is 28.0 Å². The molecule has 12 heteroatoms. The van der Waals surface area contributed by atoms with Gasteiger partial charge in [0.15, 0.2) is 11.5 Å². The number of carbonyl (C=O) groups is 2. The molecular weight excluding hydrogens is 532 g/mol. The first-order valence-electron chi connectivity index (χ1n) is 12.7. The van der Waals surface area contributed by atoms with Crippen molar-refractivity contribution in [1.82, 2.24) is 24.7 Å². The third-order valence-electron chi connectivity index (χ3n) is 7.33. The number of nitrogen functional groups attached to an aromatic ring is 1. The molecule has 0 bridgehead atoms. The smallest absolute Gasteiger partial charge is 0.303 e. The van der Waals surface area contributed by atoms with Gasteiger partial charge in [0.2, 0.25) is 5.91 Å². The summed E-state index contributed by atoms with van der Waals surface area (Å²) in [6, 6.07) is 14.5. The van der Waals surface area contributed by atoms with Gasteiger partial charge >= 0.3 is 5.97 Å². The minimum atomic E-state index is -1.22. The first-order chi connectivity index (χ1) is 19.6. The number of fused-ring (bicyclic) bond motifs is 2. The van der Waals surface area contributed by atoms with Crippen LogP contribution in [0.15, 0.2) is 60.8 Å². The highest BCUT2D eigenvalue weighted by Gasteiger charge is 2.47. The number of anilines is 2. The van der Waals surface area contributed by atoms with Gasteiger partial charge in [-0.25, -0.2) is 28.4 Å².